The smallest absolute Gasteiger partial charge is 0.307 e. The zero-order chi connectivity index (χ0) is 22.3. The monoisotopic (exact) mass is 428 g/mol. The Morgan fingerprint density at radius 2 is 1.47 bits per heavy atom. The number of benzene rings is 4. The highest BCUT2D eigenvalue weighted by Crippen LogP contribution is 2.31. The molecule has 0 aliphatic heterocycles. The van der Waals surface area contributed by atoms with Crippen molar-refractivity contribution in [3.8, 4) is 28.4 Å². The normalized spacial score (nSPS) is 10.5. The number of ether oxygens (including phenoxy) is 2. The van der Waals surface area contributed by atoms with E-state index in [-0.39, 0.29) is 6.42 Å². The number of carboxylic acids is 1. The lowest BCUT2D eigenvalue weighted by Crippen LogP contribution is -1.99. The van der Waals surface area contributed by atoms with Gasteiger partial charge in [-0.25, -0.2) is 4.39 Å². The van der Waals surface area contributed by atoms with Crippen LogP contribution in [0.15, 0.2) is 97.1 Å². The molecule has 0 amide bonds. The summed E-state index contributed by atoms with van der Waals surface area (Å²) < 4.78 is 26.4. The van der Waals surface area contributed by atoms with Gasteiger partial charge in [0.25, 0.3) is 0 Å². The number of rotatable bonds is 8. The van der Waals surface area contributed by atoms with Crippen LogP contribution in [0.5, 0.6) is 17.2 Å². The van der Waals surface area contributed by atoms with Crippen molar-refractivity contribution in [1.82, 2.24) is 0 Å². The maximum absolute atomic E-state index is 14.8. The molecule has 0 saturated carbocycles. The molecule has 160 valence electrons. The van der Waals surface area contributed by atoms with Crippen LogP contribution in [-0.4, -0.2) is 11.1 Å². The summed E-state index contributed by atoms with van der Waals surface area (Å²) in [4.78, 5) is 10.9. The van der Waals surface area contributed by atoms with Gasteiger partial charge < -0.3 is 14.6 Å². The van der Waals surface area contributed by atoms with Crippen LogP contribution in [0.1, 0.15) is 11.1 Å². The van der Waals surface area contributed by atoms with Crippen LogP contribution in [0.2, 0.25) is 0 Å². The fraction of sp³-hybridized carbons (Fsp3) is 0.0741. The van der Waals surface area contributed by atoms with E-state index >= 15 is 0 Å². The lowest BCUT2D eigenvalue weighted by Gasteiger charge is -2.11. The minimum atomic E-state index is -0.907. The molecule has 4 rings (SSSR count). The zero-order valence-corrected chi connectivity index (χ0v) is 17.2. The average Bonchev–Trinajstić information content (AvgIpc) is 2.78. The Hall–Kier alpha value is -4.12. The summed E-state index contributed by atoms with van der Waals surface area (Å²) in [7, 11) is 0. The fourth-order valence-corrected chi connectivity index (χ4v) is 3.32. The Bertz CT molecular complexity index is 1220. The van der Waals surface area contributed by atoms with Gasteiger partial charge in [-0.3, -0.25) is 4.79 Å². The van der Waals surface area contributed by atoms with Gasteiger partial charge in [0.2, 0.25) is 0 Å². The SMILES string of the molecule is O=C(O)Cc1cccc(Oc2cccc(-c3ccc(OCc4ccccc4)cc3F)c2)c1. The van der Waals surface area contributed by atoms with Crippen molar-refractivity contribution < 1.29 is 23.8 Å². The minimum absolute atomic E-state index is 0.0822. The van der Waals surface area contributed by atoms with E-state index in [0.29, 0.717) is 40.5 Å². The Labute approximate surface area is 185 Å². The molecule has 0 fully saturated rings. The van der Waals surface area contributed by atoms with Gasteiger partial charge in [0, 0.05) is 11.6 Å². The molecule has 4 aromatic rings. The number of carboxylic acid groups (broad SMARTS) is 1. The second-order valence-corrected chi connectivity index (χ2v) is 7.26. The Kier molecular flexibility index (Phi) is 6.46. The van der Waals surface area contributed by atoms with E-state index in [2.05, 4.69) is 0 Å². The van der Waals surface area contributed by atoms with Crippen LogP contribution in [-0.2, 0) is 17.8 Å². The van der Waals surface area contributed by atoms with E-state index in [1.165, 1.54) is 6.07 Å². The molecule has 0 spiro atoms. The van der Waals surface area contributed by atoms with Crippen LogP contribution in [0.25, 0.3) is 11.1 Å². The number of aliphatic carboxylic acids is 1. The van der Waals surface area contributed by atoms with Gasteiger partial charge in [0.15, 0.2) is 0 Å². The van der Waals surface area contributed by atoms with E-state index in [0.717, 1.165) is 5.56 Å². The topological polar surface area (TPSA) is 55.8 Å². The molecule has 1 N–H and O–H groups in total. The van der Waals surface area contributed by atoms with Crippen molar-refractivity contribution in [3.63, 3.8) is 0 Å². The summed E-state index contributed by atoms with van der Waals surface area (Å²) in [6, 6.07) is 28.5. The van der Waals surface area contributed by atoms with Gasteiger partial charge >= 0.3 is 5.97 Å². The van der Waals surface area contributed by atoms with Crippen LogP contribution in [0.4, 0.5) is 4.39 Å². The largest absolute Gasteiger partial charge is 0.489 e. The molecule has 0 unspecified atom stereocenters. The first kappa shape index (κ1) is 21.1. The highest BCUT2D eigenvalue weighted by Gasteiger charge is 2.09. The summed E-state index contributed by atoms with van der Waals surface area (Å²) in [6.07, 6.45) is -0.0822. The molecule has 4 aromatic carbocycles. The second-order valence-electron chi connectivity index (χ2n) is 7.26. The molecule has 0 atom stereocenters. The molecular formula is C27H21FO4. The van der Waals surface area contributed by atoms with Crippen LogP contribution in [0, 0.1) is 5.82 Å². The molecule has 0 aromatic heterocycles. The van der Waals surface area contributed by atoms with E-state index < -0.39 is 11.8 Å². The first-order valence-corrected chi connectivity index (χ1v) is 10.1. The Balaban J connectivity index is 1.48. The summed E-state index contributed by atoms with van der Waals surface area (Å²) in [5.41, 5.74) is 2.75. The third-order valence-corrected chi connectivity index (χ3v) is 4.82. The number of hydrogen-bond acceptors (Lipinski definition) is 3. The molecule has 0 aliphatic rings. The number of hydrogen-bond donors (Lipinski definition) is 1. The predicted molar refractivity (Wildman–Crippen MR) is 120 cm³/mol. The molecule has 5 heteroatoms. The van der Waals surface area contributed by atoms with Crippen LogP contribution >= 0.6 is 0 Å². The molecule has 0 bridgehead atoms. The quantitative estimate of drug-likeness (QED) is 0.348. The average molecular weight is 428 g/mol. The van der Waals surface area contributed by atoms with E-state index in [4.69, 9.17) is 14.6 Å². The maximum Gasteiger partial charge on any atom is 0.307 e. The first-order chi connectivity index (χ1) is 15.6. The molecule has 0 radical (unpaired) electrons. The van der Waals surface area contributed by atoms with Crippen molar-refractivity contribution in [2.45, 2.75) is 13.0 Å². The highest BCUT2D eigenvalue weighted by atomic mass is 19.1. The molecule has 0 heterocycles. The van der Waals surface area contributed by atoms with Gasteiger partial charge in [0.05, 0.1) is 6.42 Å². The van der Waals surface area contributed by atoms with Crippen molar-refractivity contribution in [2.75, 3.05) is 0 Å². The fourth-order valence-electron chi connectivity index (χ4n) is 3.32. The lowest BCUT2D eigenvalue weighted by molar-refractivity contribution is -0.136. The highest BCUT2D eigenvalue weighted by molar-refractivity contribution is 5.70. The first-order valence-electron chi connectivity index (χ1n) is 10.1. The molecule has 0 aliphatic carbocycles. The summed E-state index contributed by atoms with van der Waals surface area (Å²) >= 11 is 0. The van der Waals surface area contributed by atoms with Crippen molar-refractivity contribution in [3.05, 3.63) is 114 Å². The van der Waals surface area contributed by atoms with Gasteiger partial charge in [-0.05, 0) is 53.1 Å². The number of halogens is 1. The predicted octanol–water partition coefficient (Wildman–Crippen LogP) is 6.49. The van der Waals surface area contributed by atoms with E-state index in [1.54, 1.807) is 60.7 Å². The van der Waals surface area contributed by atoms with Crippen molar-refractivity contribution in [2.24, 2.45) is 0 Å². The summed E-state index contributed by atoms with van der Waals surface area (Å²) in [5, 5.41) is 8.96. The van der Waals surface area contributed by atoms with Crippen LogP contribution in [0.3, 0.4) is 0 Å². The summed E-state index contributed by atoms with van der Waals surface area (Å²) in [5.74, 6) is 0.203. The summed E-state index contributed by atoms with van der Waals surface area (Å²) in [6.45, 7) is 0.365. The van der Waals surface area contributed by atoms with Crippen molar-refractivity contribution in [1.29, 1.82) is 0 Å². The third kappa shape index (κ3) is 5.52. The van der Waals surface area contributed by atoms with E-state index in [9.17, 15) is 9.18 Å². The van der Waals surface area contributed by atoms with Crippen LogP contribution < -0.4 is 9.47 Å². The zero-order valence-electron chi connectivity index (χ0n) is 17.2. The standard InChI is InChI=1S/C27H21FO4/c28-26-17-22(31-18-19-6-2-1-3-7-19)12-13-25(26)21-9-5-11-24(16-21)32-23-10-4-8-20(14-23)15-27(29)30/h1-14,16-17H,15,18H2,(H,29,30). The van der Waals surface area contributed by atoms with E-state index in [1.807, 2.05) is 30.3 Å². The maximum atomic E-state index is 14.8. The minimum Gasteiger partial charge on any atom is -0.489 e. The molecule has 4 nitrogen and oxygen atoms in total. The lowest BCUT2D eigenvalue weighted by atomic mass is 10.0. The van der Waals surface area contributed by atoms with Gasteiger partial charge in [-0.2, -0.15) is 0 Å². The molecular weight excluding hydrogens is 407 g/mol. The molecule has 0 saturated heterocycles. The van der Waals surface area contributed by atoms with Crippen molar-refractivity contribution >= 4 is 5.97 Å². The number of carbonyl (C=O) groups is 1. The molecule has 32 heavy (non-hydrogen) atoms. The van der Waals surface area contributed by atoms with Gasteiger partial charge in [-0.1, -0.05) is 54.6 Å². The van der Waals surface area contributed by atoms with Gasteiger partial charge in [0.1, 0.15) is 29.7 Å². The third-order valence-electron chi connectivity index (χ3n) is 4.82. The Morgan fingerprint density at radius 1 is 0.750 bits per heavy atom. The second kappa shape index (κ2) is 9.79. The van der Waals surface area contributed by atoms with Gasteiger partial charge in [-0.15, -0.1) is 0 Å². The Morgan fingerprint density at radius 3 is 2.22 bits per heavy atom.